The molecule has 1 saturated heterocycles. The lowest BCUT2D eigenvalue weighted by Crippen LogP contribution is -2.52. The Labute approximate surface area is 130 Å². The summed E-state index contributed by atoms with van der Waals surface area (Å²) in [4.78, 5) is 14.4. The Balaban J connectivity index is 2.03. The third-order valence-corrected chi connectivity index (χ3v) is 4.02. The molecule has 1 N–H and O–H groups in total. The fraction of sp³-hybridized carbons (Fsp3) is 0.562. The first-order valence-corrected chi connectivity index (χ1v) is 7.65. The number of carbonyl (C=O) groups excluding carboxylic acids is 1. The van der Waals surface area contributed by atoms with Crippen molar-refractivity contribution < 1.29 is 14.6 Å². The van der Waals surface area contributed by atoms with Crippen molar-refractivity contribution in [2.45, 2.75) is 32.3 Å². The van der Waals surface area contributed by atoms with E-state index in [0.29, 0.717) is 17.3 Å². The molecule has 0 spiro atoms. The number of amides is 1. The first-order chi connectivity index (χ1) is 9.92. The van der Waals surface area contributed by atoms with Gasteiger partial charge in [-0.1, -0.05) is 11.6 Å². The van der Waals surface area contributed by atoms with Gasteiger partial charge in [-0.05, 0) is 56.9 Å². The molecule has 116 valence electrons. The highest BCUT2D eigenvalue weighted by Crippen LogP contribution is 2.24. The third-order valence-electron chi connectivity index (χ3n) is 3.77. The van der Waals surface area contributed by atoms with E-state index in [1.54, 1.807) is 43.0 Å². The summed E-state index contributed by atoms with van der Waals surface area (Å²) < 4.78 is 5.83. The van der Waals surface area contributed by atoms with Crippen molar-refractivity contribution in [3.63, 3.8) is 0 Å². The molecule has 0 saturated carbocycles. The number of nitrogens with zero attached hydrogens (tertiary/aromatic N) is 1. The predicted molar refractivity (Wildman–Crippen MR) is 82.5 cm³/mol. The molecule has 1 heterocycles. The second-order valence-corrected chi connectivity index (χ2v) is 6.44. The molecule has 1 aliphatic rings. The molecule has 5 heteroatoms. The van der Waals surface area contributed by atoms with E-state index in [1.807, 2.05) is 0 Å². The van der Waals surface area contributed by atoms with Gasteiger partial charge in [0.2, 0.25) is 0 Å². The van der Waals surface area contributed by atoms with Crippen molar-refractivity contribution >= 4 is 17.5 Å². The molecule has 1 aliphatic heterocycles. The quantitative estimate of drug-likeness (QED) is 0.930. The topological polar surface area (TPSA) is 49.8 Å². The summed E-state index contributed by atoms with van der Waals surface area (Å²) in [6.07, 6.45) is 1.90. The zero-order valence-corrected chi connectivity index (χ0v) is 13.3. The molecule has 21 heavy (non-hydrogen) atoms. The molecule has 1 aromatic rings. The highest BCUT2D eigenvalue weighted by Gasteiger charge is 2.36. The van der Waals surface area contributed by atoms with Gasteiger partial charge in [0.15, 0.2) is 5.60 Å². The normalized spacial score (nSPS) is 19.4. The van der Waals surface area contributed by atoms with E-state index in [9.17, 15) is 9.90 Å². The fourth-order valence-corrected chi connectivity index (χ4v) is 2.75. The molecule has 1 aromatic carbocycles. The smallest absolute Gasteiger partial charge is 0.266 e. The minimum atomic E-state index is -0.939. The largest absolute Gasteiger partial charge is 0.478 e. The van der Waals surface area contributed by atoms with Gasteiger partial charge >= 0.3 is 0 Å². The Morgan fingerprint density at radius 2 is 2.10 bits per heavy atom. The minimum Gasteiger partial charge on any atom is -0.478 e. The Hall–Kier alpha value is -1.26. The third kappa shape index (κ3) is 4.11. The second-order valence-electron chi connectivity index (χ2n) is 6.01. The van der Waals surface area contributed by atoms with Crippen LogP contribution in [0, 0.1) is 5.92 Å². The second kappa shape index (κ2) is 6.67. The van der Waals surface area contributed by atoms with Gasteiger partial charge in [0.05, 0.1) is 0 Å². The summed E-state index contributed by atoms with van der Waals surface area (Å²) in [5.74, 6) is 0.748. The number of benzene rings is 1. The molecule has 0 bridgehead atoms. The van der Waals surface area contributed by atoms with Gasteiger partial charge < -0.3 is 14.7 Å². The van der Waals surface area contributed by atoms with E-state index in [0.717, 1.165) is 19.4 Å². The number of hydrogen-bond donors (Lipinski definition) is 1. The van der Waals surface area contributed by atoms with Crippen LogP contribution in [0.1, 0.15) is 26.7 Å². The summed E-state index contributed by atoms with van der Waals surface area (Å²) in [5, 5.41) is 9.91. The molecular weight excluding hydrogens is 290 g/mol. The molecular formula is C16H22ClNO3. The number of ether oxygens (including phenoxy) is 1. The zero-order valence-electron chi connectivity index (χ0n) is 12.5. The van der Waals surface area contributed by atoms with Crippen LogP contribution in [0.25, 0.3) is 0 Å². The highest BCUT2D eigenvalue weighted by atomic mass is 35.5. The summed E-state index contributed by atoms with van der Waals surface area (Å²) in [6.45, 7) is 4.99. The standard InChI is InChI=1S/C16H22ClNO3/c1-16(2,21-14-7-5-13(17)6-8-14)15(20)18-9-3-4-12(10-18)11-19/h5-8,12,19H,3-4,9-11H2,1-2H3. The molecule has 4 nitrogen and oxygen atoms in total. The predicted octanol–water partition coefficient (Wildman–Crippen LogP) is 2.73. The number of hydrogen-bond acceptors (Lipinski definition) is 3. The van der Waals surface area contributed by atoms with Crippen molar-refractivity contribution in [3.05, 3.63) is 29.3 Å². The Bertz CT molecular complexity index is 487. The summed E-state index contributed by atoms with van der Waals surface area (Å²) in [7, 11) is 0. The maximum Gasteiger partial charge on any atom is 0.266 e. The van der Waals surface area contributed by atoms with Crippen molar-refractivity contribution in [1.82, 2.24) is 4.90 Å². The van der Waals surface area contributed by atoms with E-state index in [4.69, 9.17) is 16.3 Å². The van der Waals surface area contributed by atoms with Gasteiger partial charge in [-0.2, -0.15) is 0 Å². The van der Waals surface area contributed by atoms with Gasteiger partial charge in [-0.15, -0.1) is 0 Å². The number of halogens is 1. The van der Waals surface area contributed by atoms with Gasteiger partial charge in [-0.25, -0.2) is 0 Å². The average Bonchev–Trinajstić information content (AvgIpc) is 2.48. The molecule has 0 aliphatic carbocycles. The lowest BCUT2D eigenvalue weighted by Gasteiger charge is -2.37. The number of carbonyl (C=O) groups is 1. The van der Waals surface area contributed by atoms with Crippen LogP contribution < -0.4 is 4.74 Å². The molecule has 1 atom stereocenters. The lowest BCUT2D eigenvalue weighted by atomic mass is 9.97. The monoisotopic (exact) mass is 311 g/mol. The molecule has 1 amide bonds. The van der Waals surface area contributed by atoms with E-state index in [-0.39, 0.29) is 18.4 Å². The average molecular weight is 312 g/mol. The van der Waals surface area contributed by atoms with Crippen LogP contribution in [0.2, 0.25) is 5.02 Å². The minimum absolute atomic E-state index is 0.0457. The van der Waals surface area contributed by atoms with Crippen molar-refractivity contribution in [2.75, 3.05) is 19.7 Å². The summed E-state index contributed by atoms with van der Waals surface area (Å²) >= 11 is 5.84. The fourth-order valence-electron chi connectivity index (χ4n) is 2.62. The zero-order chi connectivity index (χ0) is 15.5. The number of piperidine rings is 1. The van der Waals surface area contributed by atoms with Crippen LogP contribution in [0.4, 0.5) is 0 Å². The molecule has 0 aromatic heterocycles. The number of aliphatic hydroxyl groups excluding tert-OH is 1. The van der Waals surface area contributed by atoms with Gasteiger partial charge in [0.25, 0.3) is 5.91 Å². The Morgan fingerprint density at radius 1 is 1.43 bits per heavy atom. The van der Waals surface area contributed by atoms with Crippen LogP contribution in [0.3, 0.4) is 0 Å². The lowest BCUT2D eigenvalue weighted by molar-refractivity contribution is -0.147. The first kappa shape index (κ1) is 16.1. The van der Waals surface area contributed by atoms with Crippen molar-refractivity contribution in [3.8, 4) is 5.75 Å². The van der Waals surface area contributed by atoms with E-state index in [2.05, 4.69) is 0 Å². The van der Waals surface area contributed by atoms with Crippen molar-refractivity contribution in [1.29, 1.82) is 0 Å². The molecule has 2 rings (SSSR count). The van der Waals surface area contributed by atoms with Crippen molar-refractivity contribution in [2.24, 2.45) is 5.92 Å². The van der Waals surface area contributed by atoms with E-state index < -0.39 is 5.60 Å². The van der Waals surface area contributed by atoms with E-state index in [1.165, 1.54) is 0 Å². The number of rotatable bonds is 4. The first-order valence-electron chi connectivity index (χ1n) is 7.27. The van der Waals surface area contributed by atoms with Crippen LogP contribution in [-0.2, 0) is 4.79 Å². The Morgan fingerprint density at radius 3 is 2.71 bits per heavy atom. The summed E-state index contributed by atoms with van der Waals surface area (Å²) in [6, 6.07) is 6.98. The maximum absolute atomic E-state index is 12.6. The van der Waals surface area contributed by atoms with E-state index >= 15 is 0 Å². The van der Waals surface area contributed by atoms with Crippen LogP contribution in [0.5, 0.6) is 5.75 Å². The Kier molecular flexibility index (Phi) is 5.12. The van der Waals surface area contributed by atoms with Gasteiger partial charge in [0.1, 0.15) is 5.75 Å². The van der Waals surface area contributed by atoms with Gasteiger partial charge in [-0.3, -0.25) is 4.79 Å². The summed E-state index contributed by atoms with van der Waals surface area (Å²) in [5.41, 5.74) is -0.939. The van der Waals surface area contributed by atoms with Crippen LogP contribution in [0.15, 0.2) is 24.3 Å². The molecule has 0 radical (unpaired) electrons. The molecule has 1 fully saturated rings. The molecule has 1 unspecified atom stereocenters. The maximum atomic E-state index is 12.6. The SMILES string of the molecule is CC(C)(Oc1ccc(Cl)cc1)C(=O)N1CCCC(CO)C1. The van der Waals surface area contributed by atoms with Crippen LogP contribution >= 0.6 is 11.6 Å². The van der Waals surface area contributed by atoms with Gasteiger partial charge in [0, 0.05) is 24.7 Å². The number of aliphatic hydroxyl groups is 1. The van der Waals surface area contributed by atoms with Crippen LogP contribution in [-0.4, -0.2) is 41.2 Å². The number of likely N-dealkylation sites (tertiary alicyclic amines) is 1. The highest BCUT2D eigenvalue weighted by molar-refractivity contribution is 6.30.